The molecule has 1 aromatic rings. The third-order valence-corrected chi connectivity index (χ3v) is 3.95. The summed E-state index contributed by atoms with van der Waals surface area (Å²) in [5.74, 6) is 0.340. The lowest BCUT2D eigenvalue weighted by Gasteiger charge is -2.39. The number of aromatic nitrogens is 4. The molecule has 0 spiro atoms. The highest BCUT2D eigenvalue weighted by atomic mass is 16.4. The molecule has 1 heterocycles. The molecule has 0 aromatic carbocycles. The second-order valence-corrected chi connectivity index (χ2v) is 4.77. The van der Waals surface area contributed by atoms with Gasteiger partial charge in [-0.2, -0.15) is 0 Å². The van der Waals surface area contributed by atoms with Crippen molar-refractivity contribution in [3.8, 4) is 0 Å². The van der Waals surface area contributed by atoms with E-state index in [2.05, 4.69) is 15.5 Å². The fraction of sp³-hybridized carbons (Fsp3) is 0.800. The van der Waals surface area contributed by atoms with Crippen LogP contribution < -0.4 is 0 Å². The molecule has 2 fully saturated rings. The Bertz CT molecular complexity index is 420. The Morgan fingerprint density at radius 3 is 2.56 bits per heavy atom. The van der Waals surface area contributed by atoms with Gasteiger partial charge in [0.25, 0.3) is 0 Å². The number of nitrogens with zero attached hydrogens (tertiary/aromatic N) is 4. The maximum absolute atomic E-state index is 11.4. The second kappa shape index (κ2) is 3.26. The summed E-state index contributed by atoms with van der Waals surface area (Å²) in [4.78, 5) is 11.4. The summed E-state index contributed by atoms with van der Waals surface area (Å²) in [5.41, 5.74) is -0.853. The predicted molar refractivity (Wildman–Crippen MR) is 53.9 cm³/mol. The van der Waals surface area contributed by atoms with Gasteiger partial charge in [0.15, 0.2) is 11.4 Å². The smallest absolute Gasteiger partial charge is 0.331 e. The molecule has 0 bridgehead atoms. The summed E-state index contributed by atoms with van der Waals surface area (Å²) in [5, 5.41) is 20.9. The maximum atomic E-state index is 11.4. The Morgan fingerprint density at radius 1 is 1.38 bits per heavy atom. The van der Waals surface area contributed by atoms with Crippen LogP contribution in [0.3, 0.4) is 0 Å². The number of hydrogen-bond acceptors (Lipinski definition) is 4. The number of tetrazole rings is 1. The SMILES string of the molecule is O=C(O)C1(n2nnnc2C2CCC2)CCC1. The largest absolute Gasteiger partial charge is 0.479 e. The lowest BCUT2D eigenvalue weighted by atomic mass is 9.76. The van der Waals surface area contributed by atoms with Crippen LogP contribution in [-0.2, 0) is 10.3 Å². The van der Waals surface area contributed by atoms with Crippen molar-refractivity contribution >= 4 is 5.97 Å². The molecule has 2 saturated carbocycles. The first-order valence-corrected chi connectivity index (χ1v) is 5.76. The summed E-state index contributed by atoms with van der Waals surface area (Å²) in [7, 11) is 0. The van der Waals surface area contributed by atoms with Crippen LogP contribution in [0.5, 0.6) is 0 Å². The van der Waals surface area contributed by atoms with Gasteiger partial charge in [-0.3, -0.25) is 0 Å². The van der Waals surface area contributed by atoms with Gasteiger partial charge in [-0.05, 0) is 42.5 Å². The van der Waals surface area contributed by atoms with Gasteiger partial charge in [0, 0.05) is 5.92 Å². The van der Waals surface area contributed by atoms with Gasteiger partial charge < -0.3 is 5.11 Å². The van der Waals surface area contributed by atoms with E-state index < -0.39 is 11.5 Å². The van der Waals surface area contributed by atoms with Gasteiger partial charge in [0.2, 0.25) is 0 Å². The summed E-state index contributed by atoms with van der Waals surface area (Å²) in [6.07, 6.45) is 5.58. The Balaban J connectivity index is 1.98. The van der Waals surface area contributed by atoms with E-state index in [-0.39, 0.29) is 0 Å². The fourth-order valence-corrected chi connectivity index (χ4v) is 2.45. The molecule has 1 aromatic heterocycles. The molecular formula is C10H14N4O2. The molecular weight excluding hydrogens is 208 g/mol. The topological polar surface area (TPSA) is 80.9 Å². The number of rotatable bonds is 3. The monoisotopic (exact) mass is 222 g/mol. The molecule has 1 N–H and O–H groups in total. The number of carboxylic acid groups (broad SMARTS) is 1. The lowest BCUT2D eigenvalue weighted by molar-refractivity contribution is -0.153. The normalized spacial score (nSPS) is 23.5. The van der Waals surface area contributed by atoms with E-state index in [1.807, 2.05) is 0 Å². The molecule has 3 rings (SSSR count). The van der Waals surface area contributed by atoms with Gasteiger partial charge in [-0.25, -0.2) is 9.48 Å². The minimum atomic E-state index is -0.853. The minimum absolute atomic E-state index is 0.367. The molecule has 86 valence electrons. The van der Waals surface area contributed by atoms with Crippen molar-refractivity contribution in [3.63, 3.8) is 0 Å². The molecule has 0 amide bonds. The van der Waals surface area contributed by atoms with E-state index >= 15 is 0 Å². The van der Waals surface area contributed by atoms with Crippen molar-refractivity contribution in [2.75, 3.05) is 0 Å². The first kappa shape index (κ1) is 9.74. The van der Waals surface area contributed by atoms with Crippen LogP contribution in [0, 0.1) is 0 Å². The van der Waals surface area contributed by atoms with Crippen LogP contribution in [0.1, 0.15) is 50.3 Å². The van der Waals surface area contributed by atoms with Crippen LogP contribution in [0.25, 0.3) is 0 Å². The average molecular weight is 222 g/mol. The van der Waals surface area contributed by atoms with Crippen molar-refractivity contribution in [1.82, 2.24) is 20.2 Å². The van der Waals surface area contributed by atoms with Crippen molar-refractivity contribution in [1.29, 1.82) is 0 Å². The van der Waals surface area contributed by atoms with Gasteiger partial charge in [-0.1, -0.05) is 6.42 Å². The third kappa shape index (κ3) is 1.12. The van der Waals surface area contributed by atoms with E-state index in [9.17, 15) is 9.90 Å². The summed E-state index contributed by atoms with van der Waals surface area (Å²) < 4.78 is 1.57. The van der Waals surface area contributed by atoms with Crippen molar-refractivity contribution in [2.45, 2.75) is 50.0 Å². The van der Waals surface area contributed by atoms with Crippen LogP contribution in [-0.4, -0.2) is 31.3 Å². The first-order chi connectivity index (χ1) is 7.74. The van der Waals surface area contributed by atoms with Crippen LogP contribution in [0.4, 0.5) is 0 Å². The molecule has 2 aliphatic carbocycles. The number of carboxylic acids is 1. The summed E-state index contributed by atoms with van der Waals surface area (Å²) >= 11 is 0. The number of carbonyl (C=O) groups is 1. The highest BCUT2D eigenvalue weighted by Crippen LogP contribution is 2.43. The minimum Gasteiger partial charge on any atom is -0.479 e. The summed E-state index contributed by atoms with van der Waals surface area (Å²) in [6, 6.07) is 0. The third-order valence-electron chi connectivity index (χ3n) is 3.95. The Labute approximate surface area is 92.6 Å². The van der Waals surface area contributed by atoms with E-state index in [0.717, 1.165) is 25.1 Å². The second-order valence-electron chi connectivity index (χ2n) is 4.77. The fourth-order valence-electron chi connectivity index (χ4n) is 2.45. The van der Waals surface area contributed by atoms with E-state index in [1.165, 1.54) is 6.42 Å². The molecule has 0 saturated heterocycles. The summed E-state index contributed by atoms with van der Waals surface area (Å²) in [6.45, 7) is 0. The molecule has 6 nitrogen and oxygen atoms in total. The first-order valence-electron chi connectivity index (χ1n) is 5.76. The zero-order valence-electron chi connectivity index (χ0n) is 8.96. The molecule has 6 heteroatoms. The quantitative estimate of drug-likeness (QED) is 0.821. The van der Waals surface area contributed by atoms with Crippen molar-refractivity contribution < 1.29 is 9.90 Å². The van der Waals surface area contributed by atoms with E-state index in [4.69, 9.17) is 0 Å². The zero-order chi connectivity index (χ0) is 11.2. The van der Waals surface area contributed by atoms with E-state index in [1.54, 1.807) is 4.68 Å². The highest BCUT2D eigenvalue weighted by Gasteiger charge is 2.49. The molecule has 16 heavy (non-hydrogen) atoms. The lowest BCUT2D eigenvalue weighted by Crippen LogP contribution is -2.49. The standard InChI is InChI=1S/C10H14N4O2/c15-9(16)10(5-2-6-10)14-8(11-12-13-14)7-3-1-4-7/h7H,1-6H2,(H,15,16). The van der Waals surface area contributed by atoms with Gasteiger partial charge in [0.05, 0.1) is 0 Å². The van der Waals surface area contributed by atoms with Crippen molar-refractivity contribution in [2.24, 2.45) is 0 Å². The average Bonchev–Trinajstić information content (AvgIpc) is 2.48. The Morgan fingerprint density at radius 2 is 2.12 bits per heavy atom. The van der Waals surface area contributed by atoms with Crippen LogP contribution in [0.2, 0.25) is 0 Å². The Hall–Kier alpha value is -1.46. The van der Waals surface area contributed by atoms with E-state index in [0.29, 0.717) is 18.8 Å². The van der Waals surface area contributed by atoms with Gasteiger partial charge >= 0.3 is 5.97 Å². The van der Waals surface area contributed by atoms with Crippen molar-refractivity contribution in [3.05, 3.63) is 5.82 Å². The number of hydrogen-bond donors (Lipinski definition) is 1. The van der Waals surface area contributed by atoms with Gasteiger partial charge in [-0.15, -0.1) is 5.10 Å². The van der Waals surface area contributed by atoms with Crippen LogP contribution >= 0.6 is 0 Å². The predicted octanol–water partition coefficient (Wildman–Crippen LogP) is 0.904. The zero-order valence-corrected chi connectivity index (χ0v) is 8.96. The molecule has 0 atom stereocenters. The molecule has 2 aliphatic rings. The molecule has 0 aliphatic heterocycles. The van der Waals surface area contributed by atoms with Crippen LogP contribution in [0.15, 0.2) is 0 Å². The highest BCUT2D eigenvalue weighted by molar-refractivity contribution is 5.77. The molecule has 0 radical (unpaired) electrons. The molecule has 0 unspecified atom stereocenters. The maximum Gasteiger partial charge on any atom is 0.331 e. The Kier molecular flexibility index (Phi) is 1.99. The number of aliphatic carboxylic acids is 1. The van der Waals surface area contributed by atoms with Gasteiger partial charge in [0.1, 0.15) is 0 Å².